The minimum Gasteiger partial charge on any atom is -0.457 e. The predicted molar refractivity (Wildman–Crippen MR) is 94.5 cm³/mol. The smallest absolute Gasteiger partial charge is 0.303 e. The van der Waals surface area contributed by atoms with Gasteiger partial charge in [0.15, 0.2) is 12.2 Å². The fourth-order valence-corrected chi connectivity index (χ4v) is 2.42. The second kappa shape index (κ2) is 9.75. The molecule has 0 aromatic heterocycles. The van der Waals surface area contributed by atoms with Crippen LogP contribution in [0.2, 0.25) is 0 Å². The Kier molecular flexibility index (Phi) is 8.62. The van der Waals surface area contributed by atoms with Crippen molar-refractivity contribution < 1.29 is 33.3 Å². The van der Waals surface area contributed by atoms with Gasteiger partial charge in [0.2, 0.25) is 12.2 Å². The summed E-state index contributed by atoms with van der Waals surface area (Å²) in [5.41, 5.74) is 0. The molecule has 1 rings (SSSR count). The first kappa shape index (κ1) is 23.0. The van der Waals surface area contributed by atoms with E-state index < -0.39 is 52.3 Å². The Morgan fingerprint density at radius 2 is 1.65 bits per heavy atom. The van der Waals surface area contributed by atoms with E-state index in [1.165, 1.54) is 19.9 Å². The van der Waals surface area contributed by atoms with Crippen LogP contribution in [-0.2, 0) is 33.3 Å². The first-order valence-corrected chi connectivity index (χ1v) is 8.65. The molecule has 0 spiro atoms. The number of carbonyl (C=O) groups excluding carboxylic acids is 2. The molecule has 1 heterocycles. The van der Waals surface area contributed by atoms with Gasteiger partial charge in [-0.05, 0) is 6.92 Å². The monoisotopic (exact) mass is 431 g/mol. The van der Waals surface area contributed by atoms with Gasteiger partial charge in [-0.2, -0.15) is 0 Å². The zero-order valence-electron chi connectivity index (χ0n) is 14.4. The van der Waals surface area contributed by atoms with Crippen molar-refractivity contribution >= 4 is 52.6 Å². The van der Waals surface area contributed by atoms with Crippen molar-refractivity contribution in [1.29, 1.82) is 5.41 Å². The predicted octanol–water partition coefficient (Wildman–Crippen LogP) is 2.53. The maximum Gasteiger partial charge on any atom is 0.303 e. The van der Waals surface area contributed by atoms with E-state index in [-0.39, 0.29) is 6.61 Å². The standard InChI is InChI=1S/C15H20Cl3NO7/c1-5-6-22-11-10(24-8(3)20)7(2)23-13(12(11)25-9(4)21)26-14(19)15(16,17)18/h5,7,10-13,19H,1,6H2,2-4H3/t7-,10-,11+,12+,13?/m1/s1. The Bertz CT molecular complexity index is 552. The first-order valence-electron chi connectivity index (χ1n) is 7.52. The zero-order chi connectivity index (χ0) is 20.1. The summed E-state index contributed by atoms with van der Waals surface area (Å²) >= 11 is 16.8. The Hall–Kier alpha value is -1.06. The molecule has 0 bridgehead atoms. The lowest BCUT2D eigenvalue weighted by atomic mass is 9.99. The molecule has 0 aromatic carbocycles. The molecule has 1 fully saturated rings. The summed E-state index contributed by atoms with van der Waals surface area (Å²) in [5, 5.41) is 7.70. The molecule has 0 saturated carbocycles. The Balaban J connectivity index is 3.16. The second-order valence-electron chi connectivity index (χ2n) is 5.39. The van der Waals surface area contributed by atoms with Gasteiger partial charge in [-0.15, -0.1) is 6.58 Å². The van der Waals surface area contributed by atoms with Gasteiger partial charge < -0.3 is 23.7 Å². The van der Waals surface area contributed by atoms with E-state index in [4.69, 9.17) is 63.9 Å². The third-order valence-corrected chi connectivity index (χ3v) is 3.74. The van der Waals surface area contributed by atoms with Gasteiger partial charge in [0.25, 0.3) is 3.79 Å². The highest BCUT2D eigenvalue weighted by Gasteiger charge is 2.51. The number of carbonyl (C=O) groups is 2. The maximum absolute atomic E-state index is 11.5. The van der Waals surface area contributed by atoms with E-state index in [0.717, 1.165) is 0 Å². The molecule has 11 heteroatoms. The second-order valence-corrected chi connectivity index (χ2v) is 7.67. The molecule has 0 radical (unpaired) electrons. The summed E-state index contributed by atoms with van der Waals surface area (Å²) in [6, 6.07) is 0. The minimum atomic E-state index is -2.14. The van der Waals surface area contributed by atoms with Gasteiger partial charge >= 0.3 is 11.9 Å². The number of hydrogen-bond donors (Lipinski definition) is 1. The van der Waals surface area contributed by atoms with Gasteiger partial charge in [-0.1, -0.05) is 40.9 Å². The van der Waals surface area contributed by atoms with Crippen LogP contribution in [0.25, 0.3) is 0 Å². The molecule has 0 aliphatic carbocycles. The molecule has 1 saturated heterocycles. The number of ether oxygens (including phenoxy) is 5. The number of halogens is 3. The molecule has 8 nitrogen and oxygen atoms in total. The highest BCUT2D eigenvalue weighted by atomic mass is 35.6. The fraction of sp³-hybridized carbons (Fsp3) is 0.667. The summed E-state index contributed by atoms with van der Waals surface area (Å²) in [5.74, 6) is -1.98. The molecule has 1 unspecified atom stereocenters. The van der Waals surface area contributed by atoms with E-state index in [1.807, 2.05) is 0 Å². The molecule has 1 aliphatic rings. The summed E-state index contributed by atoms with van der Waals surface area (Å²) in [4.78, 5) is 22.9. The third kappa shape index (κ3) is 6.59. The normalized spacial score (nSPS) is 28.8. The van der Waals surface area contributed by atoms with Crippen molar-refractivity contribution in [3.05, 3.63) is 12.7 Å². The molecule has 26 heavy (non-hydrogen) atoms. The van der Waals surface area contributed by atoms with Crippen LogP contribution in [0, 0.1) is 5.41 Å². The Morgan fingerprint density at radius 3 is 2.12 bits per heavy atom. The van der Waals surface area contributed by atoms with Crippen molar-refractivity contribution in [2.75, 3.05) is 6.61 Å². The van der Waals surface area contributed by atoms with Gasteiger partial charge in [-0.3, -0.25) is 15.0 Å². The number of esters is 2. The summed E-state index contributed by atoms with van der Waals surface area (Å²) < 4.78 is 24.8. The van der Waals surface area contributed by atoms with Crippen LogP contribution in [-0.4, -0.2) is 58.9 Å². The lowest BCUT2D eigenvalue weighted by molar-refractivity contribution is -0.287. The molecule has 1 N–H and O–H groups in total. The van der Waals surface area contributed by atoms with Crippen molar-refractivity contribution in [2.45, 2.75) is 55.3 Å². The average molecular weight is 433 g/mol. The fourth-order valence-electron chi connectivity index (χ4n) is 2.29. The van der Waals surface area contributed by atoms with E-state index >= 15 is 0 Å². The van der Waals surface area contributed by atoms with Crippen molar-refractivity contribution in [1.82, 2.24) is 0 Å². The molecular formula is C15H20Cl3NO7. The molecule has 1 aliphatic heterocycles. The highest BCUT2D eigenvalue weighted by Crippen LogP contribution is 2.33. The largest absolute Gasteiger partial charge is 0.457 e. The van der Waals surface area contributed by atoms with Crippen LogP contribution in [0.15, 0.2) is 12.7 Å². The zero-order valence-corrected chi connectivity index (χ0v) is 16.6. The minimum absolute atomic E-state index is 0.0710. The van der Waals surface area contributed by atoms with Gasteiger partial charge in [0, 0.05) is 13.8 Å². The van der Waals surface area contributed by atoms with Crippen molar-refractivity contribution in [3.63, 3.8) is 0 Å². The van der Waals surface area contributed by atoms with Crippen molar-refractivity contribution in [3.8, 4) is 0 Å². The Labute approximate surface area is 166 Å². The van der Waals surface area contributed by atoms with Crippen LogP contribution in [0.4, 0.5) is 0 Å². The van der Waals surface area contributed by atoms with E-state index in [0.29, 0.717) is 0 Å². The van der Waals surface area contributed by atoms with Crippen LogP contribution in [0.5, 0.6) is 0 Å². The average Bonchev–Trinajstić information content (AvgIpc) is 2.49. The van der Waals surface area contributed by atoms with E-state index in [9.17, 15) is 9.59 Å². The number of alkyl halides is 3. The highest BCUT2D eigenvalue weighted by molar-refractivity contribution is 6.76. The van der Waals surface area contributed by atoms with Crippen molar-refractivity contribution in [2.24, 2.45) is 0 Å². The van der Waals surface area contributed by atoms with Crippen LogP contribution in [0.3, 0.4) is 0 Å². The lowest BCUT2D eigenvalue weighted by Crippen LogP contribution is -2.61. The summed E-state index contributed by atoms with van der Waals surface area (Å²) in [6.45, 7) is 7.60. The molecule has 148 valence electrons. The van der Waals surface area contributed by atoms with Gasteiger partial charge in [0.05, 0.1) is 12.7 Å². The molecular weight excluding hydrogens is 413 g/mol. The molecule has 0 aromatic rings. The Morgan fingerprint density at radius 1 is 1.12 bits per heavy atom. The molecule has 0 amide bonds. The SMILES string of the molecule is C=CCO[C@H]1[C@H](OC(C)=O)[C@@H](C)OC(OC(=N)C(Cl)(Cl)Cl)[C@H]1OC(C)=O. The van der Waals surface area contributed by atoms with Crippen LogP contribution in [0.1, 0.15) is 20.8 Å². The van der Waals surface area contributed by atoms with Gasteiger partial charge in [-0.25, -0.2) is 0 Å². The van der Waals surface area contributed by atoms with Crippen LogP contribution >= 0.6 is 34.8 Å². The van der Waals surface area contributed by atoms with E-state index in [1.54, 1.807) is 6.92 Å². The number of hydrogen-bond acceptors (Lipinski definition) is 8. The van der Waals surface area contributed by atoms with Crippen LogP contribution < -0.4 is 0 Å². The van der Waals surface area contributed by atoms with Gasteiger partial charge in [0.1, 0.15) is 6.10 Å². The lowest BCUT2D eigenvalue weighted by Gasteiger charge is -2.43. The molecule has 5 atom stereocenters. The topological polar surface area (TPSA) is 104 Å². The maximum atomic E-state index is 11.5. The first-order chi connectivity index (χ1) is 12.0. The summed E-state index contributed by atoms with van der Waals surface area (Å²) in [6.07, 6.45) is -3.64. The third-order valence-electron chi connectivity index (χ3n) is 3.23. The quantitative estimate of drug-likeness (QED) is 0.226. The number of nitrogens with one attached hydrogen (secondary N) is 1. The number of rotatable bonds is 6. The summed E-state index contributed by atoms with van der Waals surface area (Å²) in [7, 11) is 0. The van der Waals surface area contributed by atoms with E-state index in [2.05, 4.69) is 6.58 Å².